The molecule has 0 unspecified atom stereocenters. The van der Waals surface area contributed by atoms with Crippen molar-refractivity contribution in [1.29, 1.82) is 0 Å². The van der Waals surface area contributed by atoms with Gasteiger partial charge in [-0.15, -0.1) is 0 Å². The number of likely N-dealkylation sites (tertiary alicyclic amines) is 1. The summed E-state index contributed by atoms with van der Waals surface area (Å²) in [4.78, 5) is 12.4. The van der Waals surface area contributed by atoms with Gasteiger partial charge >= 0.3 is 0 Å². The van der Waals surface area contributed by atoms with Crippen molar-refractivity contribution in [2.45, 2.75) is 31.9 Å². The van der Waals surface area contributed by atoms with Crippen LogP contribution in [0.5, 0.6) is 0 Å². The molecule has 104 valence electrons. The van der Waals surface area contributed by atoms with E-state index in [1.54, 1.807) is 6.07 Å². The molecule has 0 atom stereocenters. The zero-order chi connectivity index (χ0) is 14.0. The van der Waals surface area contributed by atoms with Gasteiger partial charge in [-0.25, -0.2) is 0 Å². The topological polar surface area (TPSA) is 66.6 Å². The lowest BCUT2D eigenvalue weighted by atomic mass is 9.89. The number of hydrogen-bond acceptors (Lipinski definition) is 4. The van der Waals surface area contributed by atoms with E-state index in [0.29, 0.717) is 19.6 Å². The minimum atomic E-state index is -0.540. The normalized spacial score (nSPS) is 18.1. The van der Waals surface area contributed by atoms with Crippen molar-refractivity contribution in [3.05, 3.63) is 38.3 Å². The van der Waals surface area contributed by atoms with Crippen molar-refractivity contribution < 1.29 is 10.0 Å². The minimum Gasteiger partial charge on any atom is -0.387 e. The molecule has 0 amide bonds. The molecule has 1 aromatic rings. The lowest BCUT2D eigenvalue weighted by Crippen LogP contribution is -2.60. The first-order chi connectivity index (χ1) is 8.93. The maximum absolute atomic E-state index is 10.7. The van der Waals surface area contributed by atoms with Gasteiger partial charge in [0.2, 0.25) is 0 Å². The molecule has 0 spiro atoms. The average molecular weight is 329 g/mol. The lowest BCUT2D eigenvalue weighted by molar-refractivity contribution is -0.384. The van der Waals surface area contributed by atoms with E-state index in [9.17, 15) is 15.2 Å². The highest BCUT2D eigenvalue weighted by Gasteiger charge is 2.39. The number of benzene rings is 1. The molecule has 0 aliphatic carbocycles. The molecule has 1 aliphatic rings. The van der Waals surface area contributed by atoms with E-state index in [-0.39, 0.29) is 5.69 Å². The third-order valence-electron chi connectivity index (χ3n) is 3.39. The van der Waals surface area contributed by atoms with Crippen molar-refractivity contribution >= 4 is 21.6 Å². The zero-order valence-corrected chi connectivity index (χ0v) is 12.4. The lowest BCUT2D eigenvalue weighted by Gasteiger charge is -2.46. The molecule has 0 aromatic heterocycles. The Balaban J connectivity index is 1.96. The third kappa shape index (κ3) is 3.32. The molecule has 0 bridgehead atoms. The van der Waals surface area contributed by atoms with Crippen molar-refractivity contribution in [1.82, 2.24) is 4.90 Å². The number of non-ortho nitro benzene ring substituents is 1. The maximum atomic E-state index is 10.7. The van der Waals surface area contributed by atoms with E-state index < -0.39 is 10.5 Å². The number of β-amino-alcohol motifs (C(OH)–C–C–N with tert-alkyl or cyclic N) is 1. The quantitative estimate of drug-likeness (QED) is 0.666. The van der Waals surface area contributed by atoms with Crippen molar-refractivity contribution in [3.63, 3.8) is 0 Å². The second-order valence-corrected chi connectivity index (χ2v) is 6.01. The smallest absolute Gasteiger partial charge is 0.270 e. The SMILES string of the molecule is CCCC1(O)CN(Cc2ccc([N+](=O)[O-])cc2Br)C1. The van der Waals surface area contributed by atoms with Crippen LogP contribution in [0, 0.1) is 10.1 Å². The Kier molecular flexibility index (Phi) is 4.23. The number of aliphatic hydroxyl groups is 1. The molecule has 19 heavy (non-hydrogen) atoms. The number of halogens is 1. The molecule has 5 nitrogen and oxygen atoms in total. The van der Waals surface area contributed by atoms with Gasteiger partial charge in [-0.3, -0.25) is 15.0 Å². The molecule has 1 aromatic carbocycles. The van der Waals surface area contributed by atoms with Crippen LogP contribution in [0.15, 0.2) is 22.7 Å². The van der Waals surface area contributed by atoms with Crippen LogP contribution in [0.4, 0.5) is 5.69 Å². The van der Waals surface area contributed by atoms with Gasteiger partial charge in [0.05, 0.1) is 10.5 Å². The fourth-order valence-electron chi connectivity index (χ4n) is 2.54. The molecule has 2 rings (SSSR count). The number of nitrogens with zero attached hydrogens (tertiary/aromatic N) is 2. The largest absolute Gasteiger partial charge is 0.387 e. The van der Waals surface area contributed by atoms with Crippen molar-refractivity contribution in [2.75, 3.05) is 13.1 Å². The second-order valence-electron chi connectivity index (χ2n) is 5.15. The van der Waals surface area contributed by atoms with Crippen molar-refractivity contribution in [2.24, 2.45) is 0 Å². The Morgan fingerprint density at radius 3 is 2.74 bits per heavy atom. The van der Waals surface area contributed by atoms with Gasteiger partial charge in [-0.05, 0) is 18.1 Å². The summed E-state index contributed by atoms with van der Waals surface area (Å²) in [6.45, 7) is 4.10. The van der Waals surface area contributed by atoms with Crippen LogP contribution in [-0.4, -0.2) is 33.6 Å². The monoisotopic (exact) mass is 328 g/mol. The van der Waals surface area contributed by atoms with Gasteiger partial charge < -0.3 is 5.11 Å². The summed E-state index contributed by atoms with van der Waals surface area (Å²) in [6.07, 6.45) is 1.80. The molecule has 0 radical (unpaired) electrons. The van der Waals surface area contributed by atoms with Crippen LogP contribution in [0.1, 0.15) is 25.3 Å². The third-order valence-corrected chi connectivity index (χ3v) is 4.13. The zero-order valence-electron chi connectivity index (χ0n) is 10.8. The molecule has 0 saturated carbocycles. The Bertz CT molecular complexity index is 487. The van der Waals surface area contributed by atoms with E-state index in [2.05, 4.69) is 27.8 Å². The fraction of sp³-hybridized carbons (Fsp3) is 0.538. The Morgan fingerprint density at radius 1 is 1.53 bits per heavy atom. The van der Waals surface area contributed by atoms with Gasteiger partial charge in [0.1, 0.15) is 0 Å². The second kappa shape index (κ2) is 5.56. The molecule has 1 fully saturated rings. The van der Waals surface area contributed by atoms with Gasteiger partial charge in [-0.2, -0.15) is 0 Å². The van der Waals surface area contributed by atoms with Gasteiger partial charge in [0, 0.05) is 36.2 Å². The molecule has 6 heteroatoms. The Hall–Kier alpha value is -0.980. The van der Waals surface area contributed by atoms with Crippen LogP contribution in [0.3, 0.4) is 0 Å². The van der Waals surface area contributed by atoms with Gasteiger partial charge in [-0.1, -0.05) is 29.3 Å². The molecule has 1 aliphatic heterocycles. The van der Waals surface area contributed by atoms with Crippen LogP contribution in [0.2, 0.25) is 0 Å². The summed E-state index contributed by atoms with van der Waals surface area (Å²) < 4.78 is 0.743. The summed E-state index contributed by atoms with van der Waals surface area (Å²) in [6, 6.07) is 4.80. The van der Waals surface area contributed by atoms with E-state index >= 15 is 0 Å². The van der Waals surface area contributed by atoms with E-state index in [1.807, 2.05) is 0 Å². The first kappa shape index (κ1) is 14.4. The first-order valence-corrected chi connectivity index (χ1v) is 7.10. The van der Waals surface area contributed by atoms with E-state index in [0.717, 1.165) is 22.9 Å². The number of rotatable bonds is 5. The highest BCUT2D eigenvalue weighted by molar-refractivity contribution is 9.10. The first-order valence-electron chi connectivity index (χ1n) is 6.31. The maximum Gasteiger partial charge on any atom is 0.270 e. The Morgan fingerprint density at radius 2 is 2.21 bits per heavy atom. The van der Waals surface area contributed by atoms with E-state index in [4.69, 9.17) is 0 Å². The Labute approximate surface area is 120 Å². The van der Waals surface area contributed by atoms with Gasteiger partial charge in [0.15, 0.2) is 0 Å². The van der Waals surface area contributed by atoms with Crippen LogP contribution in [-0.2, 0) is 6.54 Å². The summed E-state index contributed by atoms with van der Waals surface area (Å²) in [7, 11) is 0. The highest BCUT2D eigenvalue weighted by atomic mass is 79.9. The summed E-state index contributed by atoms with van der Waals surface area (Å²) in [5, 5.41) is 20.8. The van der Waals surface area contributed by atoms with Gasteiger partial charge in [0.25, 0.3) is 5.69 Å². The van der Waals surface area contributed by atoms with Crippen LogP contribution >= 0.6 is 15.9 Å². The fourth-order valence-corrected chi connectivity index (χ4v) is 3.03. The summed E-state index contributed by atoms with van der Waals surface area (Å²) in [5.74, 6) is 0. The molecule has 1 heterocycles. The minimum absolute atomic E-state index is 0.0849. The molecule has 1 N–H and O–H groups in total. The summed E-state index contributed by atoms with van der Waals surface area (Å²) >= 11 is 3.36. The number of hydrogen-bond donors (Lipinski definition) is 1. The van der Waals surface area contributed by atoms with Crippen LogP contribution in [0.25, 0.3) is 0 Å². The molecular weight excluding hydrogens is 312 g/mol. The number of nitro groups is 1. The standard InChI is InChI=1S/C13H17BrN2O3/c1-2-5-13(17)8-15(9-13)7-10-3-4-11(16(18)19)6-12(10)14/h3-4,6,17H,2,5,7-9H2,1H3. The summed E-state index contributed by atoms with van der Waals surface area (Å²) in [5.41, 5.74) is 0.549. The van der Waals surface area contributed by atoms with E-state index in [1.165, 1.54) is 12.1 Å². The molecular formula is C13H17BrN2O3. The van der Waals surface area contributed by atoms with Crippen molar-refractivity contribution in [3.8, 4) is 0 Å². The predicted octanol–water partition coefficient (Wildman–Crippen LogP) is 2.70. The predicted molar refractivity (Wildman–Crippen MR) is 75.9 cm³/mol. The molecule has 1 saturated heterocycles. The van der Waals surface area contributed by atoms with Crippen LogP contribution < -0.4 is 0 Å². The highest BCUT2D eigenvalue weighted by Crippen LogP contribution is 2.30. The number of nitro benzene ring substituents is 1. The average Bonchev–Trinajstić information content (AvgIpc) is 2.29.